The van der Waals surface area contributed by atoms with Crippen LogP contribution in [0.2, 0.25) is 0 Å². The number of hydrogen-bond acceptors (Lipinski definition) is 5. The van der Waals surface area contributed by atoms with E-state index in [0.29, 0.717) is 42.6 Å². The SMILES string of the molecule is Cc1cc(C(=O)N(CCCN)C(c2oc3cc(F)ccc3c(=O)c2Cc2ccccc2)C(C)C)n[nH]1. The Morgan fingerprint density at radius 3 is 2.56 bits per heavy atom. The monoisotopic (exact) mass is 490 g/mol. The summed E-state index contributed by atoms with van der Waals surface area (Å²) in [6.45, 7) is 6.48. The third-order valence-corrected chi connectivity index (χ3v) is 6.23. The number of H-pyrrole nitrogens is 1. The van der Waals surface area contributed by atoms with Gasteiger partial charge in [0.25, 0.3) is 5.91 Å². The highest BCUT2D eigenvalue weighted by molar-refractivity contribution is 5.92. The maximum absolute atomic E-state index is 14.1. The van der Waals surface area contributed by atoms with Crippen molar-refractivity contribution in [3.8, 4) is 0 Å². The molecule has 7 nitrogen and oxygen atoms in total. The Bertz CT molecular complexity index is 1410. The number of hydrogen-bond donors (Lipinski definition) is 2. The zero-order chi connectivity index (χ0) is 25.8. The molecule has 0 saturated heterocycles. The molecule has 2 aromatic carbocycles. The van der Waals surface area contributed by atoms with Gasteiger partial charge in [0.15, 0.2) is 5.43 Å². The van der Waals surface area contributed by atoms with Gasteiger partial charge in [-0.05, 0) is 49.6 Å². The number of rotatable bonds is 9. The normalized spacial score (nSPS) is 12.3. The zero-order valence-corrected chi connectivity index (χ0v) is 20.8. The zero-order valence-electron chi connectivity index (χ0n) is 20.8. The van der Waals surface area contributed by atoms with Crippen molar-refractivity contribution in [3.63, 3.8) is 0 Å². The first kappa shape index (κ1) is 25.3. The molecule has 0 spiro atoms. The highest BCUT2D eigenvalue weighted by Crippen LogP contribution is 2.34. The van der Waals surface area contributed by atoms with Gasteiger partial charge in [0.2, 0.25) is 0 Å². The summed E-state index contributed by atoms with van der Waals surface area (Å²) in [6.07, 6.45) is 0.869. The molecule has 8 heteroatoms. The summed E-state index contributed by atoms with van der Waals surface area (Å²) in [4.78, 5) is 29.1. The maximum atomic E-state index is 14.1. The van der Waals surface area contributed by atoms with Crippen LogP contribution in [0.25, 0.3) is 11.0 Å². The quantitative estimate of drug-likeness (QED) is 0.353. The topological polar surface area (TPSA) is 105 Å². The number of nitrogens with two attached hydrogens (primary N) is 1. The molecule has 36 heavy (non-hydrogen) atoms. The molecular formula is C28H31FN4O3. The third-order valence-electron chi connectivity index (χ3n) is 6.23. The Morgan fingerprint density at radius 2 is 1.92 bits per heavy atom. The van der Waals surface area contributed by atoms with Crippen LogP contribution in [-0.4, -0.2) is 34.1 Å². The van der Waals surface area contributed by atoms with Gasteiger partial charge in [-0.1, -0.05) is 44.2 Å². The first-order chi connectivity index (χ1) is 17.3. The van der Waals surface area contributed by atoms with Gasteiger partial charge in [-0.2, -0.15) is 5.10 Å². The molecule has 0 aliphatic heterocycles. The van der Waals surface area contributed by atoms with Crippen LogP contribution >= 0.6 is 0 Å². The number of carbonyl (C=O) groups is 1. The second-order valence-electron chi connectivity index (χ2n) is 9.34. The fraction of sp³-hybridized carbons (Fsp3) is 0.321. The van der Waals surface area contributed by atoms with E-state index in [9.17, 15) is 14.0 Å². The molecule has 4 rings (SSSR count). The fourth-order valence-electron chi connectivity index (χ4n) is 4.54. The number of aromatic amines is 1. The average Bonchev–Trinajstić information content (AvgIpc) is 3.29. The number of nitrogens with zero attached hydrogens (tertiary/aromatic N) is 2. The lowest BCUT2D eigenvalue weighted by molar-refractivity contribution is 0.0581. The molecule has 0 radical (unpaired) electrons. The summed E-state index contributed by atoms with van der Waals surface area (Å²) in [6, 6.07) is 14.6. The Morgan fingerprint density at radius 1 is 1.17 bits per heavy atom. The number of nitrogens with one attached hydrogen (secondary N) is 1. The van der Waals surface area contributed by atoms with E-state index in [0.717, 1.165) is 11.3 Å². The first-order valence-electron chi connectivity index (χ1n) is 12.1. The van der Waals surface area contributed by atoms with E-state index in [2.05, 4.69) is 10.2 Å². The van der Waals surface area contributed by atoms with Gasteiger partial charge < -0.3 is 15.1 Å². The molecule has 0 aliphatic rings. The summed E-state index contributed by atoms with van der Waals surface area (Å²) >= 11 is 0. The van der Waals surface area contributed by atoms with Gasteiger partial charge in [0.1, 0.15) is 22.9 Å². The highest BCUT2D eigenvalue weighted by Gasteiger charge is 2.34. The van der Waals surface area contributed by atoms with E-state index in [1.807, 2.05) is 51.1 Å². The Hall–Kier alpha value is -3.78. The van der Waals surface area contributed by atoms with Crippen LogP contribution in [0.4, 0.5) is 4.39 Å². The van der Waals surface area contributed by atoms with E-state index in [-0.39, 0.29) is 28.5 Å². The van der Waals surface area contributed by atoms with Gasteiger partial charge in [0, 0.05) is 30.3 Å². The second kappa shape index (κ2) is 10.9. The van der Waals surface area contributed by atoms with E-state index >= 15 is 0 Å². The number of aryl methyl sites for hydroxylation is 1. The first-order valence-corrected chi connectivity index (χ1v) is 12.1. The summed E-state index contributed by atoms with van der Waals surface area (Å²) in [5.74, 6) is -0.569. The van der Waals surface area contributed by atoms with Crippen LogP contribution in [0, 0.1) is 18.7 Å². The summed E-state index contributed by atoms with van der Waals surface area (Å²) in [5.41, 5.74) is 8.13. The number of fused-ring (bicyclic) bond motifs is 1. The molecule has 1 unspecified atom stereocenters. The average molecular weight is 491 g/mol. The van der Waals surface area contributed by atoms with Crippen molar-refractivity contribution < 1.29 is 13.6 Å². The molecule has 188 valence electrons. The second-order valence-corrected chi connectivity index (χ2v) is 9.34. The molecule has 1 amide bonds. The van der Waals surface area contributed by atoms with Crippen LogP contribution in [0.5, 0.6) is 0 Å². The fourth-order valence-corrected chi connectivity index (χ4v) is 4.54. The van der Waals surface area contributed by atoms with Crippen LogP contribution in [0.15, 0.2) is 63.8 Å². The Labute approximate surface area is 209 Å². The molecule has 4 aromatic rings. The van der Waals surface area contributed by atoms with Crippen molar-refractivity contribution in [1.29, 1.82) is 0 Å². The predicted octanol–water partition coefficient (Wildman–Crippen LogP) is 4.74. The van der Waals surface area contributed by atoms with E-state index in [4.69, 9.17) is 10.2 Å². The predicted molar refractivity (Wildman–Crippen MR) is 137 cm³/mol. The highest BCUT2D eigenvalue weighted by atomic mass is 19.1. The summed E-state index contributed by atoms with van der Waals surface area (Å²) < 4.78 is 20.4. The molecular weight excluding hydrogens is 459 g/mol. The lowest BCUT2D eigenvalue weighted by atomic mass is 9.92. The van der Waals surface area contributed by atoms with Crippen molar-refractivity contribution in [1.82, 2.24) is 15.1 Å². The molecule has 0 aliphatic carbocycles. The van der Waals surface area contributed by atoms with Crippen molar-refractivity contribution in [2.75, 3.05) is 13.1 Å². The van der Waals surface area contributed by atoms with Crippen molar-refractivity contribution in [3.05, 3.63) is 98.9 Å². The lowest BCUT2D eigenvalue weighted by Gasteiger charge is -2.34. The van der Waals surface area contributed by atoms with Crippen LogP contribution in [-0.2, 0) is 6.42 Å². The van der Waals surface area contributed by atoms with E-state index in [1.165, 1.54) is 18.2 Å². The van der Waals surface area contributed by atoms with Gasteiger partial charge in [-0.15, -0.1) is 0 Å². The molecule has 0 fully saturated rings. The van der Waals surface area contributed by atoms with Crippen molar-refractivity contribution in [2.24, 2.45) is 11.7 Å². The Balaban J connectivity index is 1.93. The third kappa shape index (κ3) is 5.23. The van der Waals surface area contributed by atoms with Gasteiger partial charge in [-0.3, -0.25) is 14.7 Å². The van der Waals surface area contributed by atoms with Crippen LogP contribution in [0.3, 0.4) is 0 Å². The largest absolute Gasteiger partial charge is 0.458 e. The van der Waals surface area contributed by atoms with E-state index in [1.54, 1.807) is 11.0 Å². The molecule has 0 bridgehead atoms. The molecule has 2 heterocycles. The molecule has 0 saturated carbocycles. The van der Waals surface area contributed by atoms with Gasteiger partial charge >= 0.3 is 0 Å². The van der Waals surface area contributed by atoms with E-state index < -0.39 is 11.9 Å². The number of amides is 1. The van der Waals surface area contributed by atoms with Crippen molar-refractivity contribution >= 4 is 16.9 Å². The van der Waals surface area contributed by atoms with Gasteiger partial charge in [-0.25, -0.2) is 4.39 Å². The minimum atomic E-state index is -0.597. The van der Waals surface area contributed by atoms with Crippen LogP contribution < -0.4 is 11.2 Å². The smallest absolute Gasteiger partial charge is 0.274 e. The summed E-state index contributed by atoms with van der Waals surface area (Å²) in [7, 11) is 0. The maximum Gasteiger partial charge on any atom is 0.274 e. The minimum absolute atomic E-state index is 0.129. The number of benzene rings is 2. The number of halogens is 1. The molecule has 1 atom stereocenters. The van der Waals surface area contributed by atoms with Crippen molar-refractivity contribution in [2.45, 2.75) is 39.7 Å². The summed E-state index contributed by atoms with van der Waals surface area (Å²) in [5, 5.41) is 7.28. The number of carbonyl (C=O) groups excluding carboxylic acids is 1. The standard InChI is InChI=1S/C28H31FN4O3/c1-17(2)25(33(13-7-12-30)28(35)23-14-18(3)31-32-23)27-22(15-19-8-5-4-6-9-19)26(34)21-11-10-20(29)16-24(21)36-27/h4-6,8-11,14,16-17,25H,7,12-13,15,30H2,1-3H3,(H,31,32). The van der Waals surface area contributed by atoms with Crippen LogP contribution in [0.1, 0.15) is 59.4 Å². The molecule has 2 aromatic heterocycles. The minimum Gasteiger partial charge on any atom is -0.458 e. The Kier molecular flexibility index (Phi) is 7.64. The molecule has 3 N–H and O–H groups in total. The lowest BCUT2D eigenvalue weighted by Crippen LogP contribution is -2.40. The number of aromatic nitrogens is 2. The van der Waals surface area contributed by atoms with Gasteiger partial charge in [0.05, 0.1) is 11.4 Å².